The highest BCUT2D eigenvalue weighted by molar-refractivity contribution is 5.98. The lowest BCUT2D eigenvalue weighted by Gasteiger charge is -2.31. The summed E-state index contributed by atoms with van der Waals surface area (Å²) in [7, 11) is 0. The fraction of sp³-hybridized carbons (Fsp3) is 0.652. The van der Waals surface area contributed by atoms with E-state index < -0.39 is 126 Å². The molecule has 0 aliphatic heterocycles. The molecule has 1 aromatic rings. The van der Waals surface area contributed by atoms with Crippen molar-refractivity contribution in [2.75, 3.05) is 13.1 Å². The molecule has 406 valence electrons. The first-order valence-corrected chi connectivity index (χ1v) is 24.1. The van der Waals surface area contributed by atoms with Gasteiger partial charge < -0.3 is 85.9 Å². The summed E-state index contributed by atoms with van der Waals surface area (Å²) >= 11 is 0. The van der Waals surface area contributed by atoms with Crippen LogP contribution >= 0.6 is 0 Å². The number of carboxylic acid groups (broad SMARTS) is 1. The molecule has 0 saturated carbocycles. The predicted molar refractivity (Wildman–Crippen MR) is 264 cm³/mol. The maximum atomic E-state index is 14.1. The first kappa shape index (κ1) is 63.4. The van der Waals surface area contributed by atoms with Gasteiger partial charge in [0.15, 0.2) is 5.96 Å². The van der Waals surface area contributed by atoms with E-state index in [1.165, 1.54) is 31.2 Å². The summed E-state index contributed by atoms with van der Waals surface area (Å²) in [6, 6.07) is -6.23. The van der Waals surface area contributed by atoms with Crippen LogP contribution in [0.1, 0.15) is 105 Å². The Morgan fingerprint density at radius 2 is 1.03 bits per heavy atom. The zero-order chi connectivity index (χ0) is 54.8. The minimum absolute atomic E-state index is 0.0488. The first-order valence-electron chi connectivity index (χ1n) is 24.1. The molecule has 0 aliphatic rings. The minimum atomic E-state index is -1.87. The second kappa shape index (κ2) is 32.4. The highest BCUT2D eigenvalue weighted by atomic mass is 16.4. The number of phenolic OH excluding ortho intramolecular Hbond substituents is 1. The van der Waals surface area contributed by atoms with Gasteiger partial charge in [0.2, 0.25) is 47.3 Å². The number of rotatable bonds is 34. The van der Waals surface area contributed by atoms with Gasteiger partial charge in [0, 0.05) is 19.4 Å². The zero-order valence-electron chi connectivity index (χ0n) is 42.0. The maximum Gasteiger partial charge on any atom is 0.326 e. The Bertz CT molecular complexity index is 1970. The standard InChI is InChI=1S/C46H79N13O13/c1-7-23(3)34(49)41(67)54-29(12-9-10-20-47)39(65)57-35(24(4)8-2)42(68)58-37(26(6)61)44(70)59-36(25(5)60)43(69)56-32(22-27-14-16-28(62)17-15-27)40(66)53-30(13-11-21-52-46(50)51)38(64)55-31(45(71)72)18-19-33(48)63/h14-17,23-26,29-32,34-37,60-62H,7-13,18-22,47,49H2,1-6H3,(H2,48,63)(H,53,66)(H,54,67)(H,55,64)(H,56,69)(H,57,65)(H,58,68)(H,59,70)(H,71,72)(H4,50,51,52)/t23-,24-,25+,26+,29-,30-,31-,32-,34-,35-,36-,37-/m0/s1. The van der Waals surface area contributed by atoms with E-state index in [0.29, 0.717) is 37.8 Å². The van der Waals surface area contributed by atoms with Gasteiger partial charge in [-0.05, 0) is 88.4 Å². The van der Waals surface area contributed by atoms with Crippen LogP contribution in [-0.2, 0) is 49.6 Å². The second-order valence-corrected chi connectivity index (χ2v) is 18.0. The Labute approximate surface area is 419 Å². The second-order valence-electron chi connectivity index (χ2n) is 18.0. The highest BCUT2D eigenvalue weighted by Gasteiger charge is 2.38. The lowest BCUT2D eigenvalue weighted by atomic mass is 9.96. The monoisotopic (exact) mass is 1020 g/mol. The topological polar surface area (TPSA) is 459 Å². The molecular weight excluding hydrogens is 943 g/mol. The third-order valence-corrected chi connectivity index (χ3v) is 12.0. The summed E-state index contributed by atoms with van der Waals surface area (Å²) in [4.78, 5) is 120. The zero-order valence-corrected chi connectivity index (χ0v) is 42.0. The van der Waals surface area contributed by atoms with E-state index in [9.17, 15) is 63.6 Å². The molecule has 0 saturated heterocycles. The highest BCUT2D eigenvalue weighted by Crippen LogP contribution is 2.15. The van der Waals surface area contributed by atoms with Crippen LogP contribution in [0, 0.1) is 17.2 Å². The number of primary amides is 1. The van der Waals surface area contributed by atoms with Crippen LogP contribution in [0.3, 0.4) is 0 Å². The van der Waals surface area contributed by atoms with Gasteiger partial charge in [-0.3, -0.25) is 43.8 Å². The van der Waals surface area contributed by atoms with Gasteiger partial charge in [-0.2, -0.15) is 0 Å². The Kier molecular flexibility index (Phi) is 28.5. The maximum absolute atomic E-state index is 14.1. The van der Waals surface area contributed by atoms with E-state index >= 15 is 0 Å². The summed E-state index contributed by atoms with van der Waals surface area (Å²) in [5.74, 6) is -10.1. The van der Waals surface area contributed by atoms with Crippen LogP contribution in [0.5, 0.6) is 5.75 Å². The number of benzene rings is 1. The molecule has 0 unspecified atom stereocenters. The van der Waals surface area contributed by atoms with Crippen molar-refractivity contribution in [3.63, 3.8) is 0 Å². The molecule has 26 nitrogen and oxygen atoms in total. The smallest absolute Gasteiger partial charge is 0.326 e. The number of hydrogen-bond donors (Lipinski definition) is 17. The number of carboxylic acids is 1. The number of nitrogens with two attached hydrogens (primary N) is 4. The van der Waals surface area contributed by atoms with Crippen molar-refractivity contribution in [2.45, 2.75) is 166 Å². The number of hydrogen-bond acceptors (Lipinski definition) is 15. The molecule has 26 heteroatoms. The van der Waals surface area contributed by atoms with Gasteiger partial charge in [0.05, 0.1) is 18.2 Å². The van der Waals surface area contributed by atoms with Crippen LogP contribution in [0.15, 0.2) is 24.3 Å². The molecule has 72 heavy (non-hydrogen) atoms. The first-order chi connectivity index (χ1) is 33.8. The minimum Gasteiger partial charge on any atom is -0.508 e. The summed E-state index contributed by atoms with van der Waals surface area (Å²) in [6.45, 7) is 9.73. The van der Waals surface area contributed by atoms with Crippen molar-refractivity contribution in [3.05, 3.63) is 29.8 Å². The Hall–Kier alpha value is -6.64. The molecule has 0 aliphatic carbocycles. The van der Waals surface area contributed by atoms with Crippen molar-refractivity contribution >= 4 is 59.2 Å². The van der Waals surface area contributed by atoms with Gasteiger partial charge in [-0.1, -0.05) is 52.7 Å². The molecule has 0 bridgehead atoms. The van der Waals surface area contributed by atoms with Gasteiger partial charge in [-0.15, -0.1) is 0 Å². The molecule has 0 heterocycles. The normalized spacial score (nSPS) is 16.1. The Morgan fingerprint density at radius 3 is 1.51 bits per heavy atom. The number of unbranched alkanes of at least 4 members (excludes halogenated alkanes) is 1. The van der Waals surface area contributed by atoms with Gasteiger partial charge in [-0.25, -0.2) is 4.79 Å². The molecule has 0 radical (unpaired) electrons. The average molecular weight is 1020 g/mol. The molecule has 1 aromatic carbocycles. The van der Waals surface area contributed by atoms with Crippen molar-refractivity contribution in [2.24, 2.45) is 34.8 Å². The van der Waals surface area contributed by atoms with Crippen LogP contribution in [0.4, 0.5) is 0 Å². The summed E-state index contributed by atoms with van der Waals surface area (Å²) in [5.41, 5.74) is 22.7. The quantitative estimate of drug-likeness (QED) is 0.0179. The predicted octanol–water partition coefficient (Wildman–Crippen LogP) is -3.75. The van der Waals surface area contributed by atoms with Crippen molar-refractivity contribution in [3.8, 4) is 5.75 Å². The fourth-order valence-electron chi connectivity index (χ4n) is 7.02. The number of carbonyl (C=O) groups is 9. The lowest BCUT2D eigenvalue weighted by molar-refractivity contribution is -0.142. The molecule has 8 amide bonds. The van der Waals surface area contributed by atoms with Crippen LogP contribution < -0.4 is 65.5 Å². The summed E-state index contributed by atoms with van der Waals surface area (Å²) in [5, 5.41) is 68.5. The van der Waals surface area contributed by atoms with Crippen molar-refractivity contribution < 1.29 is 63.6 Å². The number of aliphatic carboxylic acids is 1. The van der Waals surface area contributed by atoms with Crippen molar-refractivity contribution in [1.29, 1.82) is 5.41 Å². The number of guanidine groups is 1. The number of aliphatic hydroxyl groups excluding tert-OH is 2. The summed E-state index contributed by atoms with van der Waals surface area (Å²) in [6.07, 6.45) is -2.39. The number of amides is 8. The number of carbonyl (C=O) groups excluding carboxylic acids is 8. The van der Waals surface area contributed by atoms with Gasteiger partial charge >= 0.3 is 5.97 Å². The van der Waals surface area contributed by atoms with E-state index in [1.54, 1.807) is 20.8 Å². The lowest BCUT2D eigenvalue weighted by Crippen LogP contribution is -2.64. The number of aliphatic hydroxyl groups is 2. The summed E-state index contributed by atoms with van der Waals surface area (Å²) < 4.78 is 0. The molecular formula is C46H79N13O13. The molecule has 0 fully saturated rings. The van der Waals surface area contributed by atoms with E-state index in [-0.39, 0.29) is 56.3 Å². The van der Waals surface area contributed by atoms with Crippen molar-refractivity contribution in [1.82, 2.24) is 42.5 Å². The average Bonchev–Trinajstić information content (AvgIpc) is 3.32. The number of phenols is 1. The van der Waals surface area contributed by atoms with E-state index in [2.05, 4.69) is 42.5 Å². The Morgan fingerprint density at radius 1 is 0.583 bits per heavy atom. The van der Waals surface area contributed by atoms with Crippen LogP contribution in [0.2, 0.25) is 0 Å². The van der Waals surface area contributed by atoms with E-state index in [0.717, 1.165) is 6.92 Å². The number of nitrogens with one attached hydrogen (secondary N) is 9. The van der Waals surface area contributed by atoms with Crippen LogP contribution in [-0.4, -0.2) is 153 Å². The Balaban J connectivity index is 3.52. The molecule has 12 atom stereocenters. The van der Waals surface area contributed by atoms with E-state index in [4.69, 9.17) is 28.3 Å². The molecule has 21 N–H and O–H groups in total. The fourth-order valence-corrected chi connectivity index (χ4v) is 7.02. The molecule has 0 aromatic heterocycles. The van der Waals surface area contributed by atoms with E-state index in [1.807, 2.05) is 6.92 Å². The van der Waals surface area contributed by atoms with Crippen LogP contribution in [0.25, 0.3) is 0 Å². The molecule has 1 rings (SSSR count). The molecule has 0 spiro atoms. The largest absolute Gasteiger partial charge is 0.508 e. The third-order valence-electron chi connectivity index (χ3n) is 12.0. The van der Waals surface area contributed by atoms with Gasteiger partial charge in [0.1, 0.15) is 48.0 Å². The SMILES string of the molecule is CC[C@H](C)[C@H](N)C(=O)N[C@@H](CCCCN)C(=O)N[C@H](C(=O)N[C@H](C(=O)N[C@H](C(=O)N[C@@H](Cc1ccc(O)cc1)C(=O)N[C@@H](CCCNC(=N)N)C(=O)N[C@@H](CCC(N)=O)C(=O)O)[C@@H](C)O)[C@@H](C)O)[C@@H](C)CC. The van der Waals surface area contributed by atoms with Gasteiger partial charge in [0.25, 0.3) is 0 Å². The third kappa shape index (κ3) is 22.6. The number of aromatic hydroxyl groups is 1.